The lowest BCUT2D eigenvalue weighted by atomic mass is 10.1. The SMILES string of the molecule is CCN(CC1CC1)c1ccc(Br)cc1/C(N)=N/O. The zero-order valence-electron chi connectivity index (χ0n) is 10.4. The van der Waals surface area contributed by atoms with Crippen molar-refractivity contribution in [3.05, 3.63) is 28.2 Å². The highest BCUT2D eigenvalue weighted by molar-refractivity contribution is 9.10. The van der Waals surface area contributed by atoms with E-state index in [-0.39, 0.29) is 5.84 Å². The van der Waals surface area contributed by atoms with E-state index in [1.807, 2.05) is 18.2 Å². The summed E-state index contributed by atoms with van der Waals surface area (Å²) in [5.41, 5.74) is 7.56. The summed E-state index contributed by atoms with van der Waals surface area (Å²) in [5, 5.41) is 12.0. The lowest BCUT2D eigenvalue weighted by Gasteiger charge is -2.25. The highest BCUT2D eigenvalue weighted by Crippen LogP contribution is 2.33. The molecule has 1 aromatic carbocycles. The van der Waals surface area contributed by atoms with Crippen molar-refractivity contribution < 1.29 is 5.21 Å². The molecular formula is C13H18BrN3O. The third-order valence-electron chi connectivity index (χ3n) is 3.24. The molecule has 1 aromatic rings. The van der Waals surface area contributed by atoms with Gasteiger partial charge in [-0.2, -0.15) is 0 Å². The molecule has 0 aromatic heterocycles. The van der Waals surface area contributed by atoms with Crippen LogP contribution in [0.1, 0.15) is 25.3 Å². The van der Waals surface area contributed by atoms with Gasteiger partial charge in [0.15, 0.2) is 5.84 Å². The number of hydrogen-bond acceptors (Lipinski definition) is 3. The molecule has 0 aliphatic heterocycles. The van der Waals surface area contributed by atoms with Crippen LogP contribution in [-0.2, 0) is 0 Å². The molecule has 0 spiro atoms. The number of hydrogen-bond donors (Lipinski definition) is 2. The van der Waals surface area contributed by atoms with E-state index in [0.717, 1.165) is 34.7 Å². The topological polar surface area (TPSA) is 61.8 Å². The minimum atomic E-state index is 0.153. The van der Waals surface area contributed by atoms with Crippen molar-refractivity contribution in [2.24, 2.45) is 16.8 Å². The number of benzene rings is 1. The minimum absolute atomic E-state index is 0.153. The van der Waals surface area contributed by atoms with Gasteiger partial charge >= 0.3 is 0 Å². The molecule has 0 unspecified atom stereocenters. The molecule has 2 rings (SSSR count). The molecular weight excluding hydrogens is 294 g/mol. The summed E-state index contributed by atoms with van der Waals surface area (Å²) in [4.78, 5) is 2.29. The van der Waals surface area contributed by atoms with Crippen LogP contribution in [-0.4, -0.2) is 24.1 Å². The van der Waals surface area contributed by atoms with Crippen LogP contribution < -0.4 is 10.6 Å². The summed E-state index contributed by atoms with van der Waals surface area (Å²) in [6.45, 7) is 4.09. The molecule has 0 atom stereocenters. The Balaban J connectivity index is 2.34. The Kier molecular flexibility index (Phi) is 4.11. The van der Waals surface area contributed by atoms with E-state index in [0.29, 0.717) is 0 Å². The molecule has 0 heterocycles. The molecule has 0 radical (unpaired) electrons. The maximum absolute atomic E-state index is 8.88. The van der Waals surface area contributed by atoms with Gasteiger partial charge in [0.05, 0.1) is 0 Å². The van der Waals surface area contributed by atoms with Crippen LogP contribution in [0.2, 0.25) is 0 Å². The van der Waals surface area contributed by atoms with Crippen molar-refractivity contribution in [1.82, 2.24) is 0 Å². The fourth-order valence-corrected chi connectivity index (χ4v) is 2.41. The van der Waals surface area contributed by atoms with Gasteiger partial charge in [0, 0.05) is 28.8 Å². The van der Waals surface area contributed by atoms with Crippen LogP contribution in [0.15, 0.2) is 27.8 Å². The van der Waals surface area contributed by atoms with Crippen molar-refractivity contribution in [2.45, 2.75) is 19.8 Å². The van der Waals surface area contributed by atoms with Crippen molar-refractivity contribution in [1.29, 1.82) is 0 Å². The van der Waals surface area contributed by atoms with Crippen LogP contribution in [0.4, 0.5) is 5.69 Å². The third-order valence-corrected chi connectivity index (χ3v) is 3.73. The predicted octanol–water partition coefficient (Wildman–Crippen LogP) is 2.78. The van der Waals surface area contributed by atoms with E-state index in [2.05, 4.69) is 32.9 Å². The van der Waals surface area contributed by atoms with Crippen LogP contribution in [0.5, 0.6) is 0 Å². The molecule has 0 saturated heterocycles. The maximum Gasteiger partial charge on any atom is 0.172 e. The van der Waals surface area contributed by atoms with Gasteiger partial charge in [-0.15, -0.1) is 0 Å². The lowest BCUT2D eigenvalue weighted by Crippen LogP contribution is -2.28. The number of nitrogens with zero attached hydrogens (tertiary/aromatic N) is 2. The zero-order chi connectivity index (χ0) is 13.1. The van der Waals surface area contributed by atoms with E-state index in [1.165, 1.54) is 12.8 Å². The Labute approximate surface area is 116 Å². The van der Waals surface area contributed by atoms with Crippen LogP contribution >= 0.6 is 15.9 Å². The van der Waals surface area contributed by atoms with Crippen molar-refractivity contribution in [3.63, 3.8) is 0 Å². The number of nitrogens with two attached hydrogens (primary N) is 1. The first-order valence-electron chi connectivity index (χ1n) is 6.18. The van der Waals surface area contributed by atoms with E-state index >= 15 is 0 Å². The summed E-state index contributed by atoms with van der Waals surface area (Å²) in [6, 6.07) is 5.89. The highest BCUT2D eigenvalue weighted by Gasteiger charge is 2.25. The van der Waals surface area contributed by atoms with Crippen molar-refractivity contribution in [2.75, 3.05) is 18.0 Å². The monoisotopic (exact) mass is 311 g/mol. The Morgan fingerprint density at radius 3 is 2.83 bits per heavy atom. The van der Waals surface area contributed by atoms with Gasteiger partial charge in [-0.1, -0.05) is 21.1 Å². The fourth-order valence-electron chi connectivity index (χ4n) is 2.05. The molecule has 1 aliphatic rings. The molecule has 1 aliphatic carbocycles. The first-order chi connectivity index (χ1) is 8.65. The molecule has 0 amide bonds. The van der Waals surface area contributed by atoms with E-state index in [4.69, 9.17) is 10.9 Å². The Morgan fingerprint density at radius 1 is 1.56 bits per heavy atom. The first kappa shape index (κ1) is 13.2. The van der Waals surface area contributed by atoms with E-state index < -0.39 is 0 Å². The zero-order valence-corrected chi connectivity index (χ0v) is 12.0. The van der Waals surface area contributed by atoms with Crippen molar-refractivity contribution >= 4 is 27.5 Å². The Hall–Kier alpha value is -1.23. The molecule has 1 saturated carbocycles. The standard InChI is InChI=1S/C13H18BrN3O/c1-2-17(8-9-3-4-9)12-6-5-10(14)7-11(12)13(15)16-18/h5-7,9,18H,2-4,8H2,1H3,(H2,15,16). The second kappa shape index (κ2) is 5.61. The fraction of sp³-hybridized carbons (Fsp3) is 0.462. The smallest absolute Gasteiger partial charge is 0.172 e. The van der Waals surface area contributed by atoms with Crippen LogP contribution in [0.3, 0.4) is 0 Å². The summed E-state index contributed by atoms with van der Waals surface area (Å²) in [7, 11) is 0. The van der Waals surface area contributed by atoms with Crippen molar-refractivity contribution in [3.8, 4) is 0 Å². The van der Waals surface area contributed by atoms with E-state index in [9.17, 15) is 0 Å². The number of halogens is 1. The lowest BCUT2D eigenvalue weighted by molar-refractivity contribution is 0.318. The molecule has 18 heavy (non-hydrogen) atoms. The third kappa shape index (κ3) is 2.96. The number of oxime groups is 1. The molecule has 5 heteroatoms. The highest BCUT2D eigenvalue weighted by atomic mass is 79.9. The normalized spacial score (nSPS) is 15.8. The number of anilines is 1. The summed E-state index contributed by atoms with van der Waals surface area (Å²) in [5.74, 6) is 0.953. The largest absolute Gasteiger partial charge is 0.409 e. The van der Waals surface area contributed by atoms with Gasteiger partial charge in [0.25, 0.3) is 0 Å². The second-order valence-corrected chi connectivity index (χ2v) is 5.54. The van der Waals surface area contributed by atoms with Gasteiger partial charge < -0.3 is 15.8 Å². The van der Waals surface area contributed by atoms with Gasteiger partial charge in [-0.25, -0.2) is 0 Å². The first-order valence-corrected chi connectivity index (χ1v) is 6.97. The molecule has 98 valence electrons. The predicted molar refractivity (Wildman–Crippen MR) is 77.3 cm³/mol. The van der Waals surface area contributed by atoms with Crippen LogP contribution in [0.25, 0.3) is 0 Å². The molecule has 1 fully saturated rings. The average Bonchev–Trinajstić information content (AvgIpc) is 3.19. The van der Waals surface area contributed by atoms with Crippen LogP contribution in [0, 0.1) is 5.92 Å². The maximum atomic E-state index is 8.88. The van der Waals surface area contributed by atoms with Gasteiger partial charge in [-0.05, 0) is 43.9 Å². The van der Waals surface area contributed by atoms with Gasteiger partial charge in [-0.3, -0.25) is 0 Å². The van der Waals surface area contributed by atoms with E-state index in [1.54, 1.807) is 0 Å². The minimum Gasteiger partial charge on any atom is -0.409 e. The molecule has 4 nitrogen and oxygen atoms in total. The Bertz CT molecular complexity index is 458. The Morgan fingerprint density at radius 2 is 2.28 bits per heavy atom. The summed E-state index contributed by atoms with van der Waals surface area (Å²) >= 11 is 3.42. The van der Waals surface area contributed by atoms with Gasteiger partial charge in [0.2, 0.25) is 0 Å². The number of amidine groups is 1. The quantitative estimate of drug-likeness (QED) is 0.380. The number of rotatable bonds is 5. The molecule has 3 N–H and O–H groups in total. The summed E-state index contributed by atoms with van der Waals surface area (Å²) < 4.78 is 0.926. The van der Waals surface area contributed by atoms with Gasteiger partial charge in [0.1, 0.15) is 0 Å². The average molecular weight is 312 g/mol. The summed E-state index contributed by atoms with van der Waals surface area (Å²) in [6.07, 6.45) is 2.62. The second-order valence-electron chi connectivity index (χ2n) is 4.63. The molecule has 0 bridgehead atoms.